The van der Waals surface area contributed by atoms with Crippen LogP contribution in [0.4, 0.5) is 5.69 Å². The number of H-pyrrole nitrogens is 1. The molecule has 0 saturated heterocycles. The number of benzene rings is 2. The van der Waals surface area contributed by atoms with Gasteiger partial charge in [-0.1, -0.05) is 41.4 Å². The second kappa shape index (κ2) is 8.76. The molecule has 3 rings (SSSR count). The molecule has 0 radical (unpaired) electrons. The summed E-state index contributed by atoms with van der Waals surface area (Å²) in [5, 5.41) is 22.5. The van der Waals surface area contributed by atoms with E-state index in [1.165, 1.54) is 12.1 Å². The number of nitriles is 1. The standard InChI is InChI=1S/C17H12Cl2N6O4/c18-11-6-10(25-16(27)21-15(26)13(8-20)24-25)7-12(19)14(11)29-17(28)23-22-9-4-2-1-3-5-9/h1-7,17,22-23,28H,(H,21,26,27). The number of aliphatic hydroxyl groups is 1. The van der Waals surface area contributed by atoms with Crippen molar-refractivity contribution in [3.05, 3.63) is 79.0 Å². The van der Waals surface area contributed by atoms with E-state index in [0.717, 1.165) is 4.68 Å². The molecule has 1 aromatic heterocycles. The van der Waals surface area contributed by atoms with E-state index < -0.39 is 23.4 Å². The van der Waals surface area contributed by atoms with Crippen molar-refractivity contribution >= 4 is 28.9 Å². The molecule has 0 saturated carbocycles. The number of ether oxygens (including phenoxy) is 1. The maximum atomic E-state index is 12.0. The lowest BCUT2D eigenvalue weighted by molar-refractivity contribution is -0.0380. The Kier molecular flexibility index (Phi) is 6.16. The normalized spacial score (nSPS) is 11.5. The number of rotatable bonds is 6. The van der Waals surface area contributed by atoms with E-state index in [-0.39, 0.29) is 21.5 Å². The van der Waals surface area contributed by atoms with Gasteiger partial charge in [-0.05, 0) is 24.3 Å². The largest absolute Gasteiger partial charge is 0.447 e. The van der Waals surface area contributed by atoms with Gasteiger partial charge in [-0.15, -0.1) is 5.10 Å². The molecule has 0 aliphatic rings. The SMILES string of the molecule is N#Cc1nn(-c2cc(Cl)c(OC(O)NNc3ccccc3)c(Cl)c2)c(=O)[nH]c1=O. The highest BCUT2D eigenvalue weighted by Gasteiger charge is 2.16. The summed E-state index contributed by atoms with van der Waals surface area (Å²) >= 11 is 12.3. The molecule has 10 nitrogen and oxygen atoms in total. The molecule has 0 spiro atoms. The molecular formula is C17H12Cl2N6O4. The van der Waals surface area contributed by atoms with Crippen LogP contribution in [0.25, 0.3) is 5.69 Å². The van der Waals surface area contributed by atoms with Gasteiger partial charge in [-0.3, -0.25) is 9.78 Å². The number of anilines is 1. The fourth-order valence-corrected chi connectivity index (χ4v) is 2.80. The molecular weight excluding hydrogens is 423 g/mol. The van der Waals surface area contributed by atoms with Crippen LogP contribution in [0.1, 0.15) is 5.69 Å². The van der Waals surface area contributed by atoms with Crippen molar-refractivity contribution in [1.29, 1.82) is 5.26 Å². The van der Waals surface area contributed by atoms with Crippen molar-refractivity contribution in [3.8, 4) is 17.5 Å². The topological polar surface area (TPSA) is 145 Å². The third-order valence-electron chi connectivity index (χ3n) is 3.50. The van der Waals surface area contributed by atoms with E-state index in [2.05, 4.69) is 16.0 Å². The van der Waals surface area contributed by atoms with Crippen LogP contribution in [0.5, 0.6) is 5.75 Å². The van der Waals surface area contributed by atoms with E-state index in [1.807, 2.05) is 11.1 Å². The van der Waals surface area contributed by atoms with Crippen molar-refractivity contribution in [2.24, 2.45) is 0 Å². The first-order valence-electron chi connectivity index (χ1n) is 7.93. The Bertz CT molecular complexity index is 1170. The van der Waals surface area contributed by atoms with Crippen LogP contribution in [0.2, 0.25) is 10.0 Å². The molecule has 0 aliphatic heterocycles. The van der Waals surface area contributed by atoms with Crippen LogP contribution < -0.4 is 26.8 Å². The second-order valence-electron chi connectivity index (χ2n) is 5.48. The second-order valence-corrected chi connectivity index (χ2v) is 6.29. The summed E-state index contributed by atoms with van der Waals surface area (Å²) in [7, 11) is 0. The molecule has 3 aromatic rings. The predicted octanol–water partition coefficient (Wildman–Crippen LogP) is 1.37. The maximum absolute atomic E-state index is 12.0. The third-order valence-corrected chi connectivity index (χ3v) is 4.07. The Morgan fingerprint density at radius 2 is 1.86 bits per heavy atom. The van der Waals surface area contributed by atoms with Gasteiger partial charge in [-0.2, -0.15) is 15.4 Å². The summed E-state index contributed by atoms with van der Waals surface area (Å²) < 4.78 is 6.04. The molecule has 12 heteroatoms. The number of nitrogens with one attached hydrogen (secondary N) is 3. The number of para-hydroxylation sites is 1. The first-order valence-corrected chi connectivity index (χ1v) is 8.69. The lowest BCUT2D eigenvalue weighted by Gasteiger charge is -2.18. The van der Waals surface area contributed by atoms with Gasteiger partial charge < -0.3 is 15.3 Å². The molecule has 148 valence electrons. The summed E-state index contributed by atoms with van der Waals surface area (Å²) in [6, 6.07) is 13.1. The Labute approximate surface area is 172 Å². The lowest BCUT2D eigenvalue weighted by atomic mass is 10.3. The molecule has 0 fully saturated rings. The van der Waals surface area contributed by atoms with Crippen LogP contribution in [-0.4, -0.2) is 26.3 Å². The van der Waals surface area contributed by atoms with E-state index in [1.54, 1.807) is 30.3 Å². The van der Waals surface area contributed by atoms with E-state index in [4.69, 9.17) is 33.2 Å². The summed E-state index contributed by atoms with van der Waals surface area (Å²) in [6.07, 6.45) is -1.52. The zero-order valence-electron chi connectivity index (χ0n) is 14.4. The Hall–Kier alpha value is -3.36. The molecule has 0 aliphatic carbocycles. The van der Waals surface area contributed by atoms with Crippen LogP contribution in [0.15, 0.2) is 52.1 Å². The fourth-order valence-electron chi connectivity index (χ4n) is 2.24. The molecule has 0 bridgehead atoms. The van der Waals surface area contributed by atoms with E-state index in [9.17, 15) is 14.7 Å². The van der Waals surface area contributed by atoms with E-state index >= 15 is 0 Å². The van der Waals surface area contributed by atoms with Gasteiger partial charge in [0, 0.05) is 5.69 Å². The van der Waals surface area contributed by atoms with Gasteiger partial charge in [0.25, 0.3) is 12.0 Å². The van der Waals surface area contributed by atoms with Crippen LogP contribution >= 0.6 is 23.2 Å². The van der Waals surface area contributed by atoms with Crippen molar-refractivity contribution in [1.82, 2.24) is 20.2 Å². The molecule has 1 unspecified atom stereocenters. The smallest absolute Gasteiger partial charge is 0.349 e. The summed E-state index contributed by atoms with van der Waals surface area (Å²) in [6.45, 7) is 0. The van der Waals surface area contributed by atoms with Crippen LogP contribution in [0, 0.1) is 11.3 Å². The highest BCUT2D eigenvalue weighted by Crippen LogP contribution is 2.35. The van der Waals surface area contributed by atoms with Gasteiger partial charge >= 0.3 is 5.69 Å². The number of aliphatic hydroxyl groups excluding tert-OH is 1. The van der Waals surface area contributed by atoms with Crippen molar-refractivity contribution in [2.45, 2.75) is 6.41 Å². The number of hydrogen-bond acceptors (Lipinski definition) is 8. The number of hydrogen-bond donors (Lipinski definition) is 4. The molecule has 1 atom stereocenters. The quantitative estimate of drug-likeness (QED) is 0.336. The summed E-state index contributed by atoms with van der Waals surface area (Å²) in [5.41, 5.74) is 3.69. The summed E-state index contributed by atoms with van der Waals surface area (Å²) in [5.74, 6) is -0.0649. The minimum absolute atomic E-state index is 0.0496. The first kappa shape index (κ1) is 20.4. The molecule has 4 N–H and O–H groups in total. The van der Waals surface area contributed by atoms with Crippen molar-refractivity contribution in [3.63, 3.8) is 0 Å². The average Bonchev–Trinajstić information content (AvgIpc) is 2.70. The van der Waals surface area contributed by atoms with Gasteiger partial charge in [0.05, 0.1) is 15.7 Å². The number of aromatic amines is 1. The minimum atomic E-state index is -1.52. The fraction of sp³-hybridized carbons (Fsp3) is 0.0588. The van der Waals surface area contributed by atoms with Crippen molar-refractivity contribution in [2.75, 3.05) is 5.43 Å². The van der Waals surface area contributed by atoms with Crippen LogP contribution in [0.3, 0.4) is 0 Å². The maximum Gasteiger partial charge on any atom is 0.349 e. The van der Waals surface area contributed by atoms with Gasteiger partial charge in [0.1, 0.15) is 6.07 Å². The number of hydrazine groups is 1. The molecule has 0 amide bonds. The van der Waals surface area contributed by atoms with Gasteiger partial charge in [0.15, 0.2) is 5.75 Å². The number of halogens is 2. The zero-order chi connectivity index (χ0) is 21.0. The third kappa shape index (κ3) is 4.74. The van der Waals surface area contributed by atoms with E-state index in [0.29, 0.717) is 5.69 Å². The molecule has 2 aromatic carbocycles. The predicted molar refractivity (Wildman–Crippen MR) is 105 cm³/mol. The highest BCUT2D eigenvalue weighted by atomic mass is 35.5. The molecule has 29 heavy (non-hydrogen) atoms. The Morgan fingerprint density at radius 1 is 1.21 bits per heavy atom. The van der Waals surface area contributed by atoms with Crippen LogP contribution in [-0.2, 0) is 0 Å². The van der Waals surface area contributed by atoms with Gasteiger partial charge in [0.2, 0.25) is 5.69 Å². The number of aromatic nitrogens is 3. The highest BCUT2D eigenvalue weighted by molar-refractivity contribution is 6.37. The zero-order valence-corrected chi connectivity index (χ0v) is 15.9. The Morgan fingerprint density at radius 3 is 2.48 bits per heavy atom. The Balaban J connectivity index is 1.82. The lowest BCUT2D eigenvalue weighted by Crippen LogP contribution is -2.38. The van der Waals surface area contributed by atoms with Gasteiger partial charge in [-0.25, -0.2) is 4.79 Å². The summed E-state index contributed by atoms with van der Waals surface area (Å²) in [4.78, 5) is 25.4. The minimum Gasteiger partial charge on any atom is -0.447 e. The monoisotopic (exact) mass is 434 g/mol. The average molecular weight is 435 g/mol. The number of nitrogens with zero attached hydrogens (tertiary/aromatic N) is 3. The molecule has 1 heterocycles. The first-order chi connectivity index (χ1) is 13.9. The van der Waals surface area contributed by atoms with Crippen molar-refractivity contribution < 1.29 is 9.84 Å².